The van der Waals surface area contributed by atoms with Gasteiger partial charge in [-0.1, -0.05) is 40.2 Å². The van der Waals surface area contributed by atoms with Crippen molar-refractivity contribution in [3.8, 4) is 6.07 Å². The minimum absolute atomic E-state index is 0.0718. The smallest absolute Gasteiger partial charge is 0.258 e. The molecule has 5 heteroatoms. The molecule has 0 saturated heterocycles. The Hall–Kier alpha value is -2.45. The van der Waals surface area contributed by atoms with Crippen LogP contribution in [0.25, 0.3) is 11.6 Å². The molecule has 0 aliphatic rings. The van der Waals surface area contributed by atoms with E-state index in [1.807, 2.05) is 30.3 Å². The van der Waals surface area contributed by atoms with Crippen molar-refractivity contribution >= 4 is 33.3 Å². The fraction of sp³-hybridized carbons (Fsp3) is 0. The molecule has 0 heterocycles. The predicted octanol–water partition coefficient (Wildman–Crippen LogP) is 4.42. The van der Waals surface area contributed by atoms with E-state index in [4.69, 9.17) is 0 Å². The third-order valence-corrected chi connectivity index (χ3v) is 3.22. The van der Waals surface area contributed by atoms with E-state index in [0.29, 0.717) is 5.56 Å². The van der Waals surface area contributed by atoms with Crippen LogP contribution in [0.2, 0.25) is 0 Å². The van der Waals surface area contributed by atoms with Gasteiger partial charge in [-0.15, -0.1) is 0 Å². The first-order chi connectivity index (χ1) is 9.61. The van der Waals surface area contributed by atoms with E-state index in [1.54, 1.807) is 24.3 Å². The Morgan fingerprint density at radius 1 is 1.20 bits per heavy atom. The Morgan fingerprint density at radius 3 is 2.45 bits per heavy atom. The molecular formula is C15H9BrN2O2. The lowest BCUT2D eigenvalue weighted by molar-refractivity contribution is -0.385. The molecule has 0 aliphatic carbocycles. The number of halogens is 1. The topological polar surface area (TPSA) is 66.9 Å². The fourth-order valence-corrected chi connectivity index (χ4v) is 2.02. The van der Waals surface area contributed by atoms with Crippen LogP contribution in [0.4, 0.5) is 5.69 Å². The minimum atomic E-state index is -0.484. The van der Waals surface area contributed by atoms with Gasteiger partial charge in [0, 0.05) is 10.5 Å². The fourth-order valence-electron chi connectivity index (χ4n) is 1.76. The minimum Gasteiger partial charge on any atom is -0.258 e. The van der Waals surface area contributed by atoms with Crippen molar-refractivity contribution in [2.45, 2.75) is 0 Å². The summed E-state index contributed by atoms with van der Waals surface area (Å²) in [6.45, 7) is 0. The van der Waals surface area contributed by atoms with E-state index < -0.39 is 4.92 Å². The summed E-state index contributed by atoms with van der Waals surface area (Å²) in [5, 5.41) is 20.3. The Bertz CT molecular complexity index is 715. The summed E-state index contributed by atoms with van der Waals surface area (Å²) >= 11 is 3.33. The van der Waals surface area contributed by atoms with E-state index in [1.165, 1.54) is 6.07 Å². The summed E-state index contributed by atoms with van der Waals surface area (Å²) < 4.78 is 0.929. The van der Waals surface area contributed by atoms with Crippen LogP contribution in [0.15, 0.2) is 53.0 Å². The maximum atomic E-state index is 11.0. The van der Waals surface area contributed by atoms with Crippen LogP contribution in [0.1, 0.15) is 11.1 Å². The molecule has 0 aliphatic heterocycles. The number of nitriles is 1. The highest BCUT2D eigenvalue weighted by molar-refractivity contribution is 9.10. The van der Waals surface area contributed by atoms with Gasteiger partial charge in [0.1, 0.15) is 6.07 Å². The Kier molecular flexibility index (Phi) is 4.28. The Labute approximate surface area is 124 Å². The van der Waals surface area contributed by atoms with Gasteiger partial charge in [0.2, 0.25) is 0 Å². The molecule has 0 unspecified atom stereocenters. The molecule has 98 valence electrons. The van der Waals surface area contributed by atoms with Gasteiger partial charge in [-0.25, -0.2) is 0 Å². The van der Waals surface area contributed by atoms with Crippen molar-refractivity contribution < 1.29 is 4.92 Å². The highest BCUT2D eigenvalue weighted by Crippen LogP contribution is 2.27. The number of para-hydroxylation sites is 1. The number of allylic oxidation sites excluding steroid dienone is 1. The van der Waals surface area contributed by atoms with Crippen molar-refractivity contribution in [2.24, 2.45) is 0 Å². The molecule has 0 amide bonds. The van der Waals surface area contributed by atoms with Crippen LogP contribution < -0.4 is 0 Å². The molecule has 0 radical (unpaired) electrons. The zero-order chi connectivity index (χ0) is 14.5. The zero-order valence-corrected chi connectivity index (χ0v) is 11.9. The van der Waals surface area contributed by atoms with Gasteiger partial charge >= 0.3 is 0 Å². The third-order valence-electron chi connectivity index (χ3n) is 2.69. The first-order valence-electron chi connectivity index (χ1n) is 5.73. The SMILES string of the molecule is N#CC(=Cc1ccc(Br)cc1)c1ccccc1[N+](=O)[O-]. The summed E-state index contributed by atoms with van der Waals surface area (Å²) in [7, 11) is 0. The van der Waals surface area contributed by atoms with Gasteiger partial charge in [0.15, 0.2) is 0 Å². The van der Waals surface area contributed by atoms with E-state index in [2.05, 4.69) is 15.9 Å². The second-order valence-corrected chi connectivity index (χ2v) is 4.91. The van der Waals surface area contributed by atoms with Gasteiger partial charge in [-0.3, -0.25) is 10.1 Å². The summed E-state index contributed by atoms with van der Waals surface area (Å²) in [5.41, 5.74) is 1.32. The number of nitro groups is 1. The third kappa shape index (κ3) is 3.11. The summed E-state index contributed by atoms with van der Waals surface area (Å²) in [4.78, 5) is 10.5. The first-order valence-corrected chi connectivity index (χ1v) is 6.52. The van der Waals surface area contributed by atoms with Crippen molar-refractivity contribution in [3.05, 3.63) is 74.2 Å². The van der Waals surface area contributed by atoms with E-state index in [-0.39, 0.29) is 11.3 Å². The molecule has 2 aromatic rings. The molecule has 0 bridgehead atoms. The molecule has 0 spiro atoms. The molecule has 4 nitrogen and oxygen atoms in total. The van der Waals surface area contributed by atoms with Crippen molar-refractivity contribution in [1.29, 1.82) is 5.26 Å². The van der Waals surface area contributed by atoms with Crippen LogP contribution in [-0.2, 0) is 0 Å². The average molecular weight is 329 g/mol. The largest absolute Gasteiger partial charge is 0.277 e. The Balaban J connectivity index is 2.51. The van der Waals surface area contributed by atoms with Gasteiger partial charge in [0.05, 0.1) is 16.1 Å². The Morgan fingerprint density at radius 2 is 1.85 bits per heavy atom. The highest BCUT2D eigenvalue weighted by Gasteiger charge is 2.15. The zero-order valence-electron chi connectivity index (χ0n) is 10.3. The maximum Gasteiger partial charge on any atom is 0.277 e. The molecule has 0 aromatic heterocycles. The number of nitrogens with zero attached hydrogens (tertiary/aromatic N) is 2. The molecular weight excluding hydrogens is 320 g/mol. The summed E-state index contributed by atoms with van der Waals surface area (Å²) in [5.74, 6) is 0. The summed E-state index contributed by atoms with van der Waals surface area (Å²) in [6.07, 6.45) is 1.63. The number of rotatable bonds is 3. The van der Waals surface area contributed by atoms with Gasteiger partial charge < -0.3 is 0 Å². The number of hydrogen-bond donors (Lipinski definition) is 0. The molecule has 2 rings (SSSR count). The number of nitro benzene ring substituents is 1. The van der Waals surface area contributed by atoms with Gasteiger partial charge in [0.25, 0.3) is 5.69 Å². The van der Waals surface area contributed by atoms with Crippen LogP contribution in [0, 0.1) is 21.4 Å². The van der Waals surface area contributed by atoms with Crippen LogP contribution in [-0.4, -0.2) is 4.92 Å². The van der Waals surface area contributed by atoms with Crippen molar-refractivity contribution in [2.75, 3.05) is 0 Å². The van der Waals surface area contributed by atoms with Crippen LogP contribution >= 0.6 is 15.9 Å². The van der Waals surface area contributed by atoms with Crippen LogP contribution in [0.3, 0.4) is 0 Å². The van der Waals surface area contributed by atoms with E-state index >= 15 is 0 Å². The maximum absolute atomic E-state index is 11.0. The second-order valence-electron chi connectivity index (χ2n) is 4.00. The molecule has 2 aromatic carbocycles. The molecule has 0 fully saturated rings. The van der Waals surface area contributed by atoms with E-state index in [9.17, 15) is 15.4 Å². The first kappa shape index (κ1) is 14.0. The van der Waals surface area contributed by atoms with Crippen molar-refractivity contribution in [1.82, 2.24) is 0 Å². The quantitative estimate of drug-likeness (QED) is 0.362. The highest BCUT2D eigenvalue weighted by atomic mass is 79.9. The second kappa shape index (κ2) is 6.13. The molecule has 20 heavy (non-hydrogen) atoms. The predicted molar refractivity (Wildman–Crippen MR) is 80.7 cm³/mol. The van der Waals surface area contributed by atoms with Gasteiger partial charge in [-0.2, -0.15) is 5.26 Å². The molecule has 0 N–H and O–H groups in total. The number of benzene rings is 2. The lowest BCUT2D eigenvalue weighted by Gasteiger charge is -2.01. The normalized spacial score (nSPS) is 10.9. The summed E-state index contributed by atoms with van der Waals surface area (Å²) in [6, 6.07) is 15.6. The lowest BCUT2D eigenvalue weighted by Crippen LogP contribution is -1.93. The van der Waals surface area contributed by atoms with Gasteiger partial charge in [-0.05, 0) is 29.8 Å². The lowest BCUT2D eigenvalue weighted by atomic mass is 10.0. The standard InChI is InChI=1S/C15H9BrN2O2/c16-13-7-5-11(6-8-13)9-12(10-17)14-3-1-2-4-15(14)18(19)20/h1-9H. The molecule has 0 saturated carbocycles. The van der Waals surface area contributed by atoms with Crippen LogP contribution in [0.5, 0.6) is 0 Å². The van der Waals surface area contributed by atoms with Crippen molar-refractivity contribution in [3.63, 3.8) is 0 Å². The average Bonchev–Trinajstić information content (AvgIpc) is 2.46. The van der Waals surface area contributed by atoms with E-state index in [0.717, 1.165) is 10.0 Å². The number of hydrogen-bond acceptors (Lipinski definition) is 3. The molecule has 0 atom stereocenters. The monoisotopic (exact) mass is 328 g/mol.